The topological polar surface area (TPSA) is 81.8 Å². The Hall–Kier alpha value is -2.18. The summed E-state index contributed by atoms with van der Waals surface area (Å²) in [5, 5.41) is 9.24. The molecule has 182 valence electrons. The molecule has 1 fully saturated rings. The van der Waals surface area contributed by atoms with Gasteiger partial charge in [0.15, 0.2) is 5.60 Å². The molecule has 6 nitrogen and oxygen atoms in total. The van der Waals surface area contributed by atoms with Crippen LogP contribution in [0.4, 0.5) is 0 Å². The molecule has 0 bridgehead atoms. The van der Waals surface area contributed by atoms with Crippen molar-refractivity contribution in [2.75, 3.05) is 13.2 Å². The molecular formula is C27H39NO5. The fraction of sp³-hybridized carbons (Fsp3) is 0.630. The maximum atomic E-state index is 11.3. The smallest absolute Gasteiger partial charge is 0.335 e. The van der Waals surface area contributed by atoms with Gasteiger partial charge in [-0.1, -0.05) is 39.3 Å². The minimum atomic E-state index is -1.14. The lowest BCUT2D eigenvalue weighted by molar-refractivity contribution is -0.163. The fourth-order valence-electron chi connectivity index (χ4n) is 4.32. The lowest BCUT2D eigenvalue weighted by atomic mass is 9.82. The molecule has 2 atom stereocenters. The van der Waals surface area contributed by atoms with Crippen LogP contribution >= 0.6 is 0 Å². The van der Waals surface area contributed by atoms with Crippen molar-refractivity contribution in [3.8, 4) is 11.5 Å². The molecule has 2 aromatic rings. The SMILES string of the molecule is CCc1oc(-c2ccc(C(C)C)cc2)nc1COCC1CCCC(COC(C)(C)C(=O)O)C1. The van der Waals surface area contributed by atoms with E-state index in [4.69, 9.17) is 18.9 Å². The first-order valence-corrected chi connectivity index (χ1v) is 12.2. The number of aryl methyl sites for hydroxylation is 1. The minimum Gasteiger partial charge on any atom is -0.479 e. The van der Waals surface area contributed by atoms with E-state index < -0.39 is 11.6 Å². The molecule has 0 saturated heterocycles. The maximum Gasteiger partial charge on any atom is 0.335 e. The van der Waals surface area contributed by atoms with Gasteiger partial charge >= 0.3 is 5.97 Å². The second-order valence-electron chi connectivity index (χ2n) is 10.1. The van der Waals surface area contributed by atoms with E-state index in [1.54, 1.807) is 13.8 Å². The summed E-state index contributed by atoms with van der Waals surface area (Å²) in [4.78, 5) is 16.0. The zero-order chi connectivity index (χ0) is 24.0. The average Bonchev–Trinajstić information content (AvgIpc) is 3.21. The number of rotatable bonds is 11. The summed E-state index contributed by atoms with van der Waals surface area (Å²) in [7, 11) is 0. The molecule has 1 aliphatic carbocycles. The highest BCUT2D eigenvalue weighted by atomic mass is 16.5. The molecule has 1 saturated carbocycles. The Morgan fingerprint density at radius 2 is 1.85 bits per heavy atom. The van der Waals surface area contributed by atoms with Crippen molar-refractivity contribution in [2.45, 2.75) is 84.8 Å². The van der Waals surface area contributed by atoms with Gasteiger partial charge in [0.05, 0.1) is 13.2 Å². The molecule has 1 aliphatic rings. The van der Waals surface area contributed by atoms with Gasteiger partial charge in [0.25, 0.3) is 0 Å². The number of carbonyl (C=O) groups is 1. The summed E-state index contributed by atoms with van der Waals surface area (Å²) in [6, 6.07) is 8.40. The van der Waals surface area contributed by atoms with Gasteiger partial charge in [-0.3, -0.25) is 0 Å². The van der Waals surface area contributed by atoms with Crippen molar-refractivity contribution in [3.63, 3.8) is 0 Å². The van der Waals surface area contributed by atoms with Crippen molar-refractivity contribution in [1.29, 1.82) is 0 Å². The minimum absolute atomic E-state index is 0.379. The zero-order valence-corrected chi connectivity index (χ0v) is 20.7. The number of carboxylic acids is 1. The molecule has 1 N–H and O–H groups in total. The molecule has 0 spiro atoms. The predicted molar refractivity (Wildman–Crippen MR) is 128 cm³/mol. The maximum absolute atomic E-state index is 11.3. The molecular weight excluding hydrogens is 418 g/mol. The van der Waals surface area contributed by atoms with Gasteiger partial charge in [0.2, 0.25) is 5.89 Å². The molecule has 1 aromatic carbocycles. The van der Waals surface area contributed by atoms with Crippen LogP contribution in [-0.2, 0) is 27.3 Å². The summed E-state index contributed by atoms with van der Waals surface area (Å²) >= 11 is 0. The van der Waals surface area contributed by atoms with Crippen LogP contribution in [0.25, 0.3) is 11.5 Å². The van der Waals surface area contributed by atoms with Crippen molar-refractivity contribution in [1.82, 2.24) is 4.98 Å². The molecule has 2 unspecified atom stereocenters. The first kappa shape index (κ1) is 25.4. The highest BCUT2D eigenvalue weighted by Gasteiger charge is 2.30. The molecule has 3 rings (SSSR count). The van der Waals surface area contributed by atoms with Crippen LogP contribution < -0.4 is 0 Å². The second kappa shape index (κ2) is 11.3. The summed E-state index contributed by atoms with van der Waals surface area (Å²) in [6.07, 6.45) is 5.11. The molecule has 6 heteroatoms. The Morgan fingerprint density at radius 1 is 1.18 bits per heavy atom. The van der Waals surface area contributed by atoms with Crippen LogP contribution in [0, 0.1) is 11.8 Å². The highest BCUT2D eigenvalue weighted by Crippen LogP contribution is 2.31. The van der Waals surface area contributed by atoms with Crippen LogP contribution in [0.15, 0.2) is 28.7 Å². The Kier molecular flexibility index (Phi) is 8.71. The van der Waals surface area contributed by atoms with E-state index in [0.29, 0.717) is 43.5 Å². The van der Waals surface area contributed by atoms with E-state index in [-0.39, 0.29) is 0 Å². The number of hydrogen-bond donors (Lipinski definition) is 1. The number of hydrogen-bond acceptors (Lipinski definition) is 5. The van der Waals surface area contributed by atoms with Crippen molar-refractivity contribution < 1.29 is 23.8 Å². The van der Waals surface area contributed by atoms with Crippen LogP contribution in [0.3, 0.4) is 0 Å². The van der Waals surface area contributed by atoms with Gasteiger partial charge < -0.3 is 19.0 Å². The first-order chi connectivity index (χ1) is 15.7. The molecule has 0 radical (unpaired) electrons. The van der Waals surface area contributed by atoms with Crippen molar-refractivity contribution >= 4 is 5.97 Å². The summed E-state index contributed by atoms with van der Waals surface area (Å²) < 4.78 is 17.8. The van der Waals surface area contributed by atoms with E-state index in [9.17, 15) is 9.90 Å². The Bertz CT molecular complexity index is 900. The number of benzene rings is 1. The second-order valence-corrected chi connectivity index (χ2v) is 10.1. The number of aromatic nitrogens is 1. The van der Waals surface area contributed by atoms with E-state index in [0.717, 1.165) is 49.1 Å². The molecule has 0 amide bonds. The first-order valence-electron chi connectivity index (χ1n) is 12.2. The normalized spacial score (nSPS) is 19.2. The summed E-state index contributed by atoms with van der Waals surface area (Å²) in [6.45, 7) is 11.3. The molecule has 1 aromatic heterocycles. The third-order valence-electron chi connectivity index (χ3n) is 6.60. The van der Waals surface area contributed by atoms with Gasteiger partial charge in [0, 0.05) is 18.6 Å². The average molecular weight is 458 g/mol. The summed E-state index contributed by atoms with van der Waals surface area (Å²) in [5.41, 5.74) is 2.02. The molecule has 1 heterocycles. The largest absolute Gasteiger partial charge is 0.479 e. The van der Waals surface area contributed by atoms with Crippen LogP contribution in [0.5, 0.6) is 0 Å². The third-order valence-corrected chi connectivity index (χ3v) is 6.60. The van der Waals surface area contributed by atoms with E-state index in [1.165, 1.54) is 5.56 Å². The van der Waals surface area contributed by atoms with E-state index >= 15 is 0 Å². The van der Waals surface area contributed by atoms with Crippen molar-refractivity contribution in [3.05, 3.63) is 41.3 Å². The fourth-order valence-corrected chi connectivity index (χ4v) is 4.32. The monoisotopic (exact) mass is 457 g/mol. The third kappa shape index (κ3) is 6.90. The Balaban J connectivity index is 1.52. The Labute approximate surface area is 197 Å². The predicted octanol–water partition coefficient (Wildman–Crippen LogP) is 6.23. The van der Waals surface area contributed by atoms with Crippen molar-refractivity contribution in [2.24, 2.45) is 11.8 Å². The Morgan fingerprint density at radius 3 is 2.45 bits per heavy atom. The number of aliphatic carboxylic acids is 1. The zero-order valence-electron chi connectivity index (χ0n) is 20.7. The van der Waals surface area contributed by atoms with Crippen LogP contribution in [0.1, 0.15) is 83.2 Å². The molecule has 0 aliphatic heterocycles. The number of ether oxygens (including phenoxy) is 2. The van der Waals surface area contributed by atoms with E-state index in [2.05, 4.69) is 45.0 Å². The van der Waals surface area contributed by atoms with Crippen LogP contribution in [-0.4, -0.2) is 34.9 Å². The van der Waals surface area contributed by atoms with Gasteiger partial charge in [-0.25, -0.2) is 9.78 Å². The quantitative estimate of drug-likeness (QED) is 0.431. The molecule has 33 heavy (non-hydrogen) atoms. The highest BCUT2D eigenvalue weighted by molar-refractivity contribution is 5.76. The van der Waals surface area contributed by atoms with E-state index in [1.807, 2.05) is 0 Å². The van der Waals surface area contributed by atoms with Gasteiger partial charge in [-0.15, -0.1) is 0 Å². The number of nitrogens with zero attached hydrogens (tertiary/aromatic N) is 1. The number of carboxylic acid groups (broad SMARTS) is 1. The van der Waals surface area contributed by atoms with Gasteiger partial charge in [0.1, 0.15) is 11.5 Å². The number of oxazole rings is 1. The van der Waals surface area contributed by atoms with Crippen LogP contribution in [0.2, 0.25) is 0 Å². The van der Waals surface area contributed by atoms with Gasteiger partial charge in [-0.05, 0) is 68.6 Å². The van der Waals surface area contributed by atoms with Gasteiger partial charge in [-0.2, -0.15) is 0 Å². The lowest BCUT2D eigenvalue weighted by Crippen LogP contribution is -2.37. The summed E-state index contributed by atoms with van der Waals surface area (Å²) in [5.74, 6) is 1.94. The lowest BCUT2D eigenvalue weighted by Gasteiger charge is -2.31. The standard InChI is InChI=1S/C27H39NO5/c1-6-24-23(28-25(33-24)22-12-10-21(11-13-22)18(2)3)17-31-15-19-8-7-9-20(14-19)16-32-27(4,5)26(29)30/h10-13,18-20H,6-9,14-17H2,1-5H3,(H,29,30).